The summed E-state index contributed by atoms with van der Waals surface area (Å²) in [5, 5.41) is 0.692. The van der Waals surface area contributed by atoms with E-state index in [1.165, 1.54) is 12.1 Å². The Labute approximate surface area is 101 Å². The maximum Gasteiger partial charge on any atom is 0.283 e. The van der Waals surface area contributed by atoms with E-state index in [1.807, 2.05) is 10.9 Å². The van der Waals surface area contributed by atoms with Crippen LogP contribution in [0.3, 0.4) is 0 Å². The van der Waals surface area contributed by atoms with Gasteiger partial charge in [-0.25, -0.2) is 21.7 Å². The maximum atomic E-state index is 11.3. The maximum absolute atomic E-state index is 11.3. The van der Waals surface area contributed by atoms with E-state index in [0.29, 0.717) is 5.39 Å². The van der Waals surface area contributed by atoms with Crippen molar-refractivity contribution in [2.75, 3.05) is 0 Å². The van der Waals surface area contributed by atoms with Gasteiger partial charge in [-0.2, -0.15) is 0 Å². The van der Waals surface area contributed by atoms with Gasteiger partial charge in [-0.3, -0.25) is 20.4 Å². The zero-order valence-electron chi connectivity index (χ0n) is 9.18. The van der Waals surface area contributed by atoms with Crippen LogP contribution in [0.2, 0.25) is 0 Å². The predicted molar refractivity (Wildman–Crippen MR) is 62.8 cm³/mol. The van der Waals surface area contributed by atoms with Crippen LogP contribution in [0.15, 0.2) is 24.3 Å². The summed E-state index contributed by atoms with van der Waals surface area (Å²) in [6.07, 6.45) is 0. The Morgan fingerprint density at radius 3 is 1.72 bits per heavy atom. The van der Waals surface area contributed by atoms with Crippen LogP contribution >= 0.6 is 0 Å². The molecule has 0 fully saturated rings. The molecule has 2 aromatic rings. The molecule has 0 unspecified atom stereocenters. The van der Waals surface area contributed by atoms with E-state index in [2.05, 4.69) is 9.97 Å². The van der Waals surface area contributed by atoms with Crippen LogP contribution in [-0.2, 0) is 0 Å². The minimum atomic E-state index is -0.535. The van der Waals surface area contributed by atoms with Gasteiger partial charge in [0, 0.05) is 5.39 Å². The Kier molecular flexibility index (Phi) is 3.13. The van der Waals surface area contributed by atoms with Crippen LogP contribution in [0, 0.1) is 0 Å². The number of hydrazine groups is 2. The van der Waals surface area contributed by atoms with Gasteiger partial charge < -0.3 is 0 Å². The number of nitrogens with zero attached hydrogens (tertiary/aromatic N) is 2. The molecule has 0 atom stereocenters. The molecule has 2 heterocycles. The Balaban J connectivity index is 2.53. The Hall–Kier alpha value is -2.58. The summed E-state index contributed by atoms with van der Waals surface area (Å²) in [7, 11) is 0. The first kappa shape index (κ1) is 11.9. The fourth-order valence-electron chi connectivity index (χ4n) is 1.40. The van der Waals surface area contributed by atoms with Crippen LogP contribution < -0.4 is 22.5 Å². The molecule has 2 rings (SSSR count). The summed E-state index contributed by atoms with van der Waals surface area (Å²) in [5.41, 5.74) is 4.42. The third-order valence-corrected chi connectivity index (χ3v) is 2.28. The van der Waals surface area contributed by atoms with Crippen LogP contribution in [0.1, 0.15) is 21.0 Å². The second-order valence-electron chi connectivity index (χ2n) is 3.39. The molecule has 8 nitrogen and oxygen atoms in total. The molecule has 0 aliphatic carbocycles. The molecule has 0 spiro atoms. The summed E-state index contributed by atoms with van der Waals surface area (Å²) >= 11 is 0. The van der Waals surface area contributed by atoms with Crippen LogP contribution in [-0.4, -0.2) is 21.8 Å². The van der Waals surface area contributed by atoms with E-state index in [1.54, 1.807) is 12.1 Å². The van der Waals surface area contributed by atoms with Gasteiger partial charge in [-0.15, -0.1) is 0 Å². The van der Waals surface area contributed by atoms with Crippen molar-refractivity contribution in [1.82, 2.24) is 20.8 Å². The van der Waals surface area contributed by atoms with E-state index in [4.69, 9.17) is 11.7 Å². The molecule has 0 bridgehead atoms. The third-order valence-electron chi connectivity index (χ3n) is 2.28. The zero-order chi connectivity index (χ0) is 13.1. The van der Waals surface area contributed by atoms with Crippen molar-refractivity contribution >= 4 is 22.8 Å². The molecule has 0 aliphatic heterocycles. The van der Waals surface area contributed by atoms with E-state index in [9.17, 15) is 9.59 Å². The van der Waals surface area contributed by atoms with Gasteiger partial charge in [0.15, 0.2) is 5.65 Å². The minimum absolute atomic E-state index is 0.114. The molecule has 0 saturated carbocycles. The predicted octanol–water partition coefficient (Wildman–Crippen LogP) is -1.16. The van der Waals surface area contributed by atoms with Gasteiger partial charge in [-0.1, -0.05) is 0 Å². The number of nitrogen functional groups attached to an aromatic ring is 2. The number of nitrogens with one attached hydrogen (secondary N) is 2. The Bertz CT molecular complexity index is 576. The van der Waals surface area contributed by atoms with Gasteiger partial charge >= 0.3 is 0 Å². The highest BCUT2D eigenvalue weighted by molar-refractivity contribution is 5.96. The molecule has 0 saturated heterocycles. The molecule has 92 valence electrons. The number of hydrogen-bond donors (Lipinski definition) is 4. The molecule has 0 aliphatic rings. The van der Waals surface area contributed by atoms with Gasteiger partial charge in [-0.05, 0) is 24.3 Å². The summed E-state index contributed by atoms with van der Waals surface area (Å²) in [6.45, 7) is 0. The highest BCUT2D eigenvalue weighted by Gasteiger charge is 2.10. The summed E-state index contributed by atoms with van der Waals surface area (Å²) in [4.78, 5) is 30.6. The number of pyridine rings is 2. The first-order valence-electron chi connectivity index (χ1n) is 4.95. The van der Waals surface area contributed by atoms with Crippen molar-refractivity contribution in [2.45, 2.75) is 0 Å². The van der Waals surface area contributed by atoms with E-state index >= 15 is 0 Å². The summed E-state index contributed by atoms with van der Waals surface area (Å²) in [6, 6.07) is 6.33. The number of aromatic nitrogens is 2. The van der Waals surface area contributed by atoms with Gasteiger partial charge in [0.25, 0.3) is 11.8 Å². The zero-order valence-corrected chi connectivity index (χ0v) is 9.18. The first-order valence-corrected chi connectivity index (χ1v) is 4.95. The van der Waals surface area contributed by atoms with Crippen LogP contribution in [0.4, 0.5) is 0 Å². The lowest BCUT2D eigenvalue weighted by Crippen LogP contribution is -2.31. The number of hydrogen-bond acceptors (Lipinski definition) is 6. The fraction of sp³-hybridized carbons (Fsp3) is 0. The fourth-order valence-corrected chi connectivity index (χ4v) is 1.40. The Morgan fingerprint density at radius 2 is 1.33 bits per heavy atom. The van der Waals surface area contributed by atoms with Crippen molar-refractivity contribution in [1.29, 1.82) is 0 Å². The van der Waals surface area contributed by atoms with E-state index in [0.717, 1.165) is 0 Å². The smallest absolute Gasteiger partial charge is 0.283 e. The molecular weight excluding hydrogens is 236 g/mol. The molecule has 6 N–H and O–H groups in total. The quantitative estimate of drug-likeness (QED) is 0.299. The second-order valence-corrected chi connectivity index (χ2v) is 3.39. The largest absolute Gasteiger partial charge is 0.289 e. The average molecular weight is 246 g/mol. The number of carbonyl (C=O) groups is 2. The molecule has 8 heteroatoms. The molecule has 2 amide bonds. The number of nitrogens with two attached hydrogens (primary N) is 2. The van der Waals surface area contributed by atoms with Crippen LogP contribution in [0.5, 0.6) is 0 Å². The Morgan fingerprint density at radius 1 is 0.889 bits per heavy atom. The van der Waals surface area contributed by atoms with Crippen LogP contribution in [0.25, 0.3) is 11.0 Å². The van der Waals surface area contributed by atoms with Crippen molar-refractivity contribution in [3.63, 3.8) is 0 Å². The van der Waals surface area contributed by atoms with E-state index in [-0.39, 0.29) is 17.0 Å². The minimum Gasteiger partial charge on any atom is -0.289 e. The number of rotatable bonds is 2. The monoisotopic (exact) mass is 246 g/mol. The van der Waals surface area contributed by atoms with Gasteiger partial charge in [0.2, 0.25) is 0 Å². The standard InChI is InChI=1S/C10H10N6O2/c11-15-9(17)6-3-1-5-2-4-7(10(18)16-12)14-8(5)13-6/h1-4H,11-12H2,(H,15,17)(H,16,18). The molecule has 18 heavy (non-hydrogen) atoms. The third kappa shape index (κ3) is 2.10. The lowest BCUT2D eigenvalue weighted by molar-refractivity contribution is 0.0942. The van der Waals surface area contributed by atoms with Crippen molar-refractivity contribution in [3.05, 3.63) is 35.7 Å². The summed E-state index contributed by atoms with van der Waals surface area (Å²) < 4.78 is 0. The van der Waals surface area contributed by atoms with Crippen molar-refractivity contribution in [3.8, 4) is 0 Å². The van der Waals surface area contributed by atoms with Crippen molar-refractivity contribution < 1.29 is 9.59 Å². The highest BCUT2D eigenvalue weighted by atomic mass is 16.2. The SMILES string of the molecule is NNC(=O)c1ccc2ccc(C(=O)NN)nc2n1. The van der Waals surface area contributed by atoms with Crippen molar-refractivity contribution in [2.24, 2.45) is 11.7 Å². The molecular formula is C10H10N6O2. The lowest BCUT2D eigenvalue weighted by Gasteiger charge is -2.03. The second kappa shape index (κ2) is 4.73. The topological polar surface area (TPSA) is 136 Å². The normalized spacial score (nSPS) is 10.1. The highest BCUT2D eigenvalue weighted by Crippen LogP contribution is 2.11. The number of carbonyl (C=O) groups excluding carboxylic acids is 2. The van der Waals surface area contributed by atoms with E-state index < -0.39 is 11.8 Å². The average Bonchev–Trinajstić information content (AvgIpc) is 2.44. The molecule has 0 radical (unpaired) electrons. The first-order chi connectivity index (χ1) is 8.65. The lowest BCUT2D eigenvalue weighted by atomic mass is 10.2. The number of fused-ring (bicyclic) bond motifs is 1. The summed E-state index contributed by atoms with van der Waals surface area (Å²) in [5.74, 6) is 8.94. The van der Waals surface area contributed by atoms with Gasteiger partial charge in [0.1, 0.15) is 11.4 Å². The molecule has 0 aromatic carbocycles. The van der Waals surface area contributed by atoms with Gasteiger partial charge in [0.05, 0.1) is 0 Å². The molecule has 2 aromatic heterocycles. The number of amides is 2.